The zero-order valence-electron chi connectivity index (χ0n) is 15.8. The Hall–Kier alpha value is -3.00. The van der Waals surface area contributed by atoms with E-state index in [9.17, 15) is 24.9 Å². The molecule has 152 valence electrons. The zero-order chi connectivity index (χ0) is 20.4. The van der Waals surface area contributed by atoms with Crippen molar-refractivity contribution in [3.05, 3.63) is 41.3 Å². The first kappa shape index (κ1) is 18.1. The minimum Gasteiger partial charge on any atom is -0.508 e. The summed E-state index contributed by atoms with van der Waals surface area (Å²) < 4.78 is 5.57. The fourth-order valence-electron chi connectivity index (χ4n) is 5.39. The van der Waals surface area contributed by atoms with Gasteiger partial charge in [0.15, 0.2) is 0 Å². The van der Waals surface area contributed by atoms with Crippen molar-refractivity contribution in [1.82, 2.24) is 9.88 Å². The summed E-state index contributed by atoms with van der Waals surface area (Å²) >= 11 is 0. The van der Waals surface area contributed by atoms with E-state index in [1.165, 1.54) is 6.26 Å². The largest absolute Gasteiger partial charge is 0.508 e. The Morgan fingerprint density at radius 3 is 2.79 bits per heavy atom. The van der Waals surface area contributed by atoms with Crippen LogP contribution in [0.4, 0.5) is 0 Å². The third-order valence-corrected chi connectivity index (χ3v) is 6.81. The summed E-state index contributed by atoms with van der Waals surface area (Å²) in [5.74, 6) is -2.05. The van der Waals surface area contributed by atoms with Crippen LogP contribution in [0.1, 0.15) is 30.6 Å². The number of H-pyrrole nitrogens is 1. The highest BCUT2D eigenvalue weighted by Crippen LogP contribution is 2.49. The molecule has 0 radical (unpaired) electrons. The van der Waals surface area contributed by atoms with Gasteiger partial charge in [-0.3, -0.25) is 9.69 Å². The second-order valence-electron chi connectivity index (χ2n) is 8.24. The lowest BCUT2D eigenvalue weighted by Gasteiger charge is -2.51. The Balaban J connectivity index is 1.64. The van der Waals surface area contributed by atoms with E-state index in [2.05, 4.69) is 4.98 Å². The molecule has 0 aliphatic carbocycles. The van der Waals surface area contributed by atoms with Crippen molar-refractivity contribution in [2.75, 3.05) is 6.54 Å². The quantitative estimate of drug-likeness (QED) is 0.612. The van der Waals surface area contributed by atoms with E-state index in [0.717, 1.165) is 22.2 Å². The van der Waals surface area contributed by atoms with E-state index in [4.69, 9.17) is 4.74 Å². The standard InChI is InChI=1S/C21H22N2O6/c1-9-14-7-23-17(5-11(14)15(8-29-9)20(25)26)19-13(6-18(23)21(27)28)12-4-10(24)2-3-16(12)22-19/h2-4,8-9,11,14,17-18,22,24H,5-7H2,1H3,(H,25,26)(H,27,28)/t9-,11-,14-,17-,18-/m0/s1. The van der Waals surface area contributed by atoms with Crippen LogP contribution in [0, 0.1) is 11.8 Å². The van der Waals surface area contributed by atoms with Crippen molar-refractivity contribution in [3.8, 4) is 5.75 Å². The number of fused-ring (bicyclic) bond motifs is 6. The van der Waals surface area contributed by atoms with Gasteiger partial charge in [0.1, 0.15) is 11.8 Å². The summed E-state index contributed by atoms with van der Waals surface area (Å²) in [7, 11) is 0. The Morgan fingerprint density at radius 1 is 1.28 bits per heavy atom. The number of benzene rings is 1. The summed E-state index contributed by atoms with van der Waals surface area (Å²) in [6.45, 7) is 2.36. The maximum atomic E-state index is 12.1. The number of ether oxygens (including phenoxy) is 1. The molecule has 29 heavy (non-hydrogen) atoms. The molecule has 1 aromatic heterocycles. The third-order valence-electron chi connectivity index (χ3n) is 6.81. The van der Waals surface area contributed by atoms with Gasteiger partial charge in [0.25, 0.3) is 0 Å². The summed E-state index contributed by atoms with van der Waals surface area (Å²) in [4.78, 5) is 29.3. The van der Waals surface area contributed by atoms with Gasteiger partial charge in [0.2, 0.25) is 0 Å². The number of carboxylic acids is 2. The van der Waals surface area contributed by atoms with E-state index in [1.54, 1.807) is 18.2 Å². The fraction of sp³-hybridized carbons (Fsp3) is 0.429. The number of rotatable bonds is 2. The Bertz CT molecular complexity index is 1060. The summed E-state index contributed by atoms with van der Waals surface area (Å²) in [5, 5.41) is 30.3. The van der Waals surface area contributed by atoms with Crippen LogP contribution in [0.15, 0.2) is 30.0 Å². The molecule has 8 nitrogen and oxygen atoms in total. The highest BCUT2D eigenvalue weighted by Gasteiger charge is 2.50. The number of nitrogens with zero attached hydrogens (tertiary/aromatic N) is 1. The first-order valence-electron chi connectivity index (χ1n) is 9.76. The second-order valence-corrected chi connectivity index (χ2v) is 8.24. The minimum atomic E-state index is -0.993. The van der Waals surface area contributed by atoms with Crippen molar-refractivity contribution in [1.29, 1.82) is 0 Å². The summed E-state index contributed by atoms with van der Waals surface area (Å²) in [6, 6.07) is 4.10. The number of carbonyl (C=O) groups is 2. The van der Waals surface area contributed by atoms with Gasteiger partial charge in [0, 0.05) is 41.4 Å². The van der Waals surface area contributed by atoms with Crippen molar-refractivity contribution >= 4 is 22.8 Å². The maximum Gasteiger partial charge on any atom is 0.334 e. The normalized spacial score (nSPS) is 31.2. The van der Waals surface area contributed by atoms with Gasteiger partial charge >= 0.3 is 11.9 Å². The van der Waals surface area contributed by atoms with Gasteiger partial charge in [0.05, 0.1) is 24.0 Å². The molecule has 1 saturated heterocycles. The molecular weight excluding hydrogens is 376 g/mol. The molecule has 3 aliphatic rings. The predicted molar refractivity (Wildman–Crippen MR) is 102 cm³/mol. The van der Waals surface area contributed by atoms with E-state index in [1.807, 2.05) is 11.8 Å². The van der Waals surface area contributed by atoms with E-state index in [-0.39, 0.29) is 35.3 Å². The SMILES string of the molecule is C[C@@H]1OC=C(C(=O)O)[C@H]2C[C@H]3c4[nH]c5ccc(O)cc5c4C[C@@H](C(=O)O)N3C[C@@H]12. The number of hydrogen-bond donors (Lipinski definition) is 4. The smallest absolute Gasteiger partial charge is 0.334 e. The summed E-state index contributed by atoms with van der Waals surface area (Å²) in [6.07, 6.45) is 2.01. The molecule has 5 rings (SSSR count). The number of phenols is 1. The second kappa shape index (κ2) is 6.25. The van der Waals surface area contributed by atoms with E-state index < -0.39 is 18.0 Å². The van der Waals surface area contributed by atoms with Crippen LogP contribution < -0.4 is 0 Å². The highest BCUT2D eigenvalue weighted by molar-refractivity contribution is 5.89. The Morgan fingerprint density at radius 2 is 2.07 bits per heavy atom. The average molecular weight is 398 g/mol. The predicted octanol–water partition coefficient (Wildman–Crippen LogP) is 2.25. The number of aliphatic carboxylic acids is 2. The van der Waals surface area contributed by atoms with Crippen molar-refractivity contribution in [2.24, 2.45) is 11.8 Å². The Kier molecular flexibility index (Phi) is 3.89. The van der Waals surface area contributed by atoms with Crippen molar-refractivity contribution < 1.29 is 29.6 Å². The average Bonchev–Trinajstić information content (AvgIpc) is 3.04. The molecule has 4 N–H and O–H groups in total. The number of piperidine rings is 1. The molecule has 1 aromatic carbocycles. The lowest BCUT2D eigenvalue weighted by Crippen LogP contribution is -2.57. The number of aromatic amines is 1. The monoisotopic (exact) mass is 398 g/mol. The van der Waals surface area contributed by atoms with Crippen LogP contribution in [-0.2, 0) is 20.7 Å². The van der Waals surface area contributed by atoms with E-state index >= 15 is 0 Å². The molecule has 0 saturated carbocycles. The summed E-state index contributed by atoms with van der Waals surface area (Å²) in [5.41, 5.74) is 2.91. The molecule has 8 heteroatoms. The number of nitrogens with one attached hydrogen (secondary N) is 1. The van der Waals surface area contributed by atoms with Gasteiger partial charge in [-0.15, -0.1) is 0 Å². The number of aromatic nitrogens is 1. The van der Waals surface area contributed by atoms with Crippen LogP contribution in [0.3, 0.4) is 0 Å². The van der Waals surface area contributed by atoms with Crippen molar-refractivity contribution in [2.45, 2.75) is 38.0 Å². The molecule has 0 bridgehead atoms. The molecule has 0 amide bonds. The van der Waals surface area contributed by atoms with Gasteiger partial charge in [-0.1, -0.05) is 0 Å². The van der Waals surface area contributed by atoms with Gasteiger partial charge in [-0.25, -0.2) is 4.79 Å². The third kappa shape index (κ3) is 2.62. The lowest BCUT2D eigenvalue weighted by atomic mass is 9.71. The van der Waals surface area contributed by atoms with E-state index in [0.29, 0.717) is 19.4 Å². The molecule has 3 aliphatic heterocycles. The molecule has 0 spiro atoms. The van der Waals surface area contributed by atoms with Crippen LogP contribution >= 0.6 is 0 Å². The molecule has 1 fully saturated rings. The van der Waals surface area contributed by atoms with Gasteiger partial charge < -0.3 is 25.0 Å². The molecular formula is C21H22N2O6. The molecule has 0 unspecified atom stereocenters. The lowest BCUT2D eigenvalue weighted by molar-refractivity contribution is -0.149. The number of carboxylic acid groups (broad SMARTS) is 2. The van der Waals surface area contributed by atoms with Crippen molar-refractivity contribution in [3.63, 3.8) is 0 Å². The number of aromatic hydroxyl groups is 1. The van der Waals surface area contributed by atoms with Crippen LogP contribution in [0.2, 0.25) is 0 Å². The molecule has 2 aromatic rings. The first-order valence-corrected chi connectivity index (χ1v) is 9.76. The topological polar surface area (TPSA) is 123 Å². The zero-order valence-corrected chi connectivity index (χ0v) is 15.8. The van der Waals surface area contributed by atoms with Crippen LogP contribution in [-0.4, -0.2) is 55.8 Å². The minimum absolute atomic E-state index is 0.0841. The van der Waals surface area contributed by atoms with Crippen LogP contribution in [0.25, 0.3) is 10.9 Å². The van der Waals surface area contributed by atoms with Gasteiger partial charge in [-0.2, -0.15) is 0 Å². The number of phenolic OH excluding ortho intramolecular Hbond substituents is 1. The maximum absolute atomic E-state index is 12.1. The van der Waals surface area contributed by atoms with Crippen LogP contribution in [0.5, 0.6) is 5.75 Å². The first-order chi connectivity index (χ1) is 13.8. The number of hydrogen-bond acceptors (Lipinski definition) is 5. The molecule has 5 atom stereocenters. The fourth-order valence-corrected chi connectivity index (χ4v) is 5.39. The molecule has 4 heterocycles. The Labute approximate surface area is 166 Å². The van der Waals surface area contributed by atoms with Gasteiger partial charge in [-0.05, 0) is 37.1 Å². The highest BCUT2D eigenvalue weighted by atomic mass is 16.5.